The third kappa shape index (κ3) is 4.62. The van der Waals surface area contributed by atoms with Crippen LogP contribution in [0.4, 0.5) is 13.2 Å². The summed E-state index contributed by atoms with van der Waals surface area (Å²) in [5.74, 6) is -1.66. The van der Waals surface area contributed by atoms with Crippen molar-refractivity contribution in [1.29, 1.82) is 0 Å². The van der Waals surface area contributed by atoms with Crippen molar-refractivity contribution in [2.45, 2.75) is 13.0 Å². The zero-order valence-corrected chi connectivity index (χ0v) is 11.8. The monoisotopic (exact) mass is 299 g/mol. The first-order chi connectivity index (χ1) is 9.88. The molecule has 0 aliphatic rings. The molecule has 1 aromatic carbocycles. The van der Waals surface area contributed by atoms with E-state index in [1.165, 1.54) is 17.1 Å². The molecule has 0 heterocycles. The van der Waals surface area contributed by atoms with Crippen LogP contribution >= 0.6 is 0 Å². The smallest absolute Gasteiger partial charge is 0.312 e. The van der Waals surface area contributed by atoms with E-state index in [0.717, 1.165) is 7.05 Å². The lowest BCUT2D eigenvalue weighted by molar-refractivity contribution is 0.196. The molecule has 0 aromatic heterocycles. The number of hydrogen-bond donors (Lipinski definition) is 0. The Balaban J connectivity index is 2.89. The third-order valence-electron chi connectivity index (χ3n) is 2.62. The lowest BCUT2D eigenvalue weighted by Gasteiger charge is -2.14. The molecule has 0 fully saturated rings. The topological polar surface area (TPSA) is 37.2 Å². The van der Waals surface area contributed by atoms with Gasteiger partial charge in [-0.15, -0.1) is 0 Å². The SMILES string of the molecule is C=NN(C)Cc1ccc(C(=C)OC(=NC)C(F)F)c(F)c1. The van der Waals surface area contributed by atoms with Gasteiger partial charge in [-0.1, -0.05) is 12.6 Å². The highest BCUT2D eigenvalue weighted by Crippen LogP contribution is 2.21. The van der Waals surface area contributed by atoms with Gasteiger partial charge in [0.1, 0.15) is 11.6 Å². The van der Waals surface area contributed by atoms with Crippen LogP contribution in [0.25, 0.3) is 5.76 Å². The van der Waals surface area contributed by atoms with Crippen LogP contribution in [0.1, 0.15) is 11.1 Å². The highest BCUT2D eigenvalue weighted by atomic mass is 19.3. The molecule has 1 rings (SSSR count). The molecule has 0 aliphatic heterocycles. The minimum absolute atomic E-state index is 0.00485. The summed E-state index contributed by atoms with van der Waals surface area (Å²) >= 11 is 0. The maximum atomic E-state index is 14.0. The van der Waals surface area contributed by atoms with Crippen molar-refractivity contribution in [1.82, 2.24) is 5.01 Å². The second-order valence-corrected chi connectivity index (χ2v) is 4.16. The zero-order valence-electron chi connectivity index (χ0n) is 11.8. The molecule has 0 amide bonds. The average Bonchev–Trinajstić information content (AvgIpc) is 2.44. The number of alkyl halides is 2. The zero-order chi connectivity index (χ0) is 16.0. The van der Waals surface area contributed by atoms with Gasteiger partial charge in [-0.05, 0) is 17.7 Å². The number of halogens is 3. The van der Waals surface area contributed by atoms with Gasteiger partial charge in [-0.2, -0.15) is 13.9 Å². The lowest BCUT2D eigenvalue weighted by Crippen LogP contribution is -2.14. The molecule has 0 radical (unpaired) electrons. The van der Waals surface area contributed by atoms with Gasteiger partial charge in [0.2, 0.25) is 0 Å². The average molecular weight is 299 g/mol. The molecular weight excluding hydrogens is 283 g/mol. The molecule has 0 N–H and O–H groups in total. The number of hydrazone groups is 1. The van der Waals surface area contributed by atoms with Crippen molar-refractivity contribution in [3.05, 3.63) is 41.7 Å². The highest BCUT2D eigenvalue weighted by molar-refractivity contribution is 5.84. The number of hydrogen-bond acceptors (Lipinski definition) is 4. The van der Waals surface area contributed by atoms with Crippen LogP contribution in [0.3, 0.4) is 0 Å². The molecule has 0 aliphatic carbocycles. The van der Waals surface area contributed by atoms with Crippen molar-refractivity contribution in [3.63, 3.8) is 0 Å². The third-order valence-corrected chi connectivity index (χ3v) is 2.62. The van der Waals surface area contributed by atoms with Crippen LogP contribution in [-0.4, -0.2) is 38.1 Å². The molecule has 21 heavy (non-hydrogen) atoms. The predicted molar refractivity (Wildman–Crippen MR) is 76.9 cm³/mol. The van der Waals surface area contributed by atoms with Gasteiger partial charge < -0.3 is 4.74 Å². The van der Waals surface area contributed by atoms with Crippen LogP contribution in [0.2, 0.25) is 0 Å². The summed E-state index contributed by atoms with van der Waals surface area (Å²) in [6.45, 7) is 7.16. The predicted octanol–water partition coefficient (Wildman–Crippen LogP) is 3.15. The normalized spacial score (nSPS) is 11.4. The van der Waals surface area contributed by atoms with E-state index in [9.17, 15) is 13.2 Å². The Morgan fingerprint density at radius 1 is 1.43 bits per heavy atom. The van der Waals surface area contributed by atoms with Crippen LogP contribution in [-0.2, 0) is 11.3 Å². The van der Waals surface area contributed by atoms with Gasteiger partial charge in [-0.25, -0.2) is 4.39 Å². The number of rotatable bonds is 6. The van der Waals surface area contributed by atoms with E-state index in [1.54, 1.807) is 13.1 Å². The van der Waals surface area contributed by atoms with Crippen LogP contribution in [0.15, 0.2) is 34.9 Å². The van der Waals surface area contributed by atoms with Crippen LogP contribution in [0.5, 0.6) is 0 Å². The van der Waals surface area contributed by atoms with Crippen molar-refractivity contribution in [2.75, 3.05) is 14.1 Å². The fraction of sp³-hybridized carbons (Fsp3) is 0.286. The Morgan fingerprint density at radius 2 is 2.10 bits per heavy atom. The summed E-state index contributed by atoms with van der Waals surface area (Å²) < 4.78 is 43.8. The maximum absolute atomic E-state index is 14.0. The lowest BCUT2D eigenvalue weighted by atomic mass is 10.1. The van der Waals surface area contributed by atoms with E-state index in [4.69, 9.17) is 4.74 Å². The first kappa shape index (κ1) is 16.7. The summed E-state index contributed by atoms with van der Waals surface area (Å²) in [5.41, 5.74) is 0.645. The maximum Gasteiger partial charge on any atom is 0.312 e. The standard InChI is InChI=1S/C14H16F3N3O/c1-9(21-14(18-2)13(16)17)11-6-5-10(7-12(11)15)8-20(4)19-3/h5-7,13H,1,3,8H2,2,4H3. The summed E-state index contributed by atoms with van der Waals surface area (Å²) in [7, 11) is 2.85. The van der Waals surface area contributed by atoms with Gasteiger partial charge >= 0.3 is 6.43 Å². The Labute approximate surface area is 121 Å². The van der Waals surface area contributed by atoms with Gasteiger partial charge in [0.15, 0.2) is 0 Å². The van der Waals surface area contributed by atoms with Gasteiger partial charge in [0.25, 0.3) is 5.90 Å². The molecule has 0 spiro atoms. The largest absolute Gasteiger partial charge is 0.438 e. The Bertz CT molecular complexity index is 558. The fourth-order valence-electron chi connectivity index (χ4n) is 1.57. The summed E-state index contributed by atoms with van der Waals surface area (Å²) in [5, 5.41) is 5.19. The molecular formula is C14H16F3N3O. The van der Waals surface area contributed by atoms with E-state index in [2.05, 4.69) is 23.4 Å². The molecule has 4 nitrogen and oxygen atoms in total. The van der Waals surface area contributed by atoms with Gasteiger partial charge in [0, 0.05) is 20.8 Å². The Kier molecular flexibility index (Phi) is 5.95. The number of nitrogens with zero attached hydrogens (tertiary/aromatic N) is 3. The minimum Gasteiger partial charge on any atom is -0.438 e. The first-order valence-electron chi connectivity index (χ1n) is 5.97. The number of aliphatic imine (C=N–C) groups is 1. The van der Waals surface area contributed by atoms with E-state index in [1.807, 2.05) is 0 Å². The van der Waals surface area contributed by atoms with E-state index in [-0.39, 0.29) is 11.3 Å². The van der Waals surface area contributed by atoms with Gasteiger partial charge in [0.05, 0.1) is 12.1 Å². The Morgan fingerprint density at radius 3 is 2.57 bits per heavy atom. The van der Waals surface area contributed by atoms with E-state index < -0.39 is 18.1 Å². The first-order valence-corrected chi connectivity index (χ1v) is 5.97. The van der Waals surface area contributed by atoms with E-state index >= 15 is 0 Å². The van der Waals surface area contributed by atoms with Crippen LogP contribution in [0, 0.1) is 5.82 Å². The fourth-order valence-corrected chi connectivity index (χ4v) is 1.57. The minimum atomic E-state index is -2.89. The molecule has 0 saturated carbocycles. The van der Waals surface area contributed by atoms with Crippen molar-refractivity contribution < 1.29 is 17.9 Å². The number of benzene rings is 1. The molecule has 0 saturated heterocycles. The van der Waals surface area contributed by atoms with Crippen molar-refractivity contribution in [2.24, 2.45) is 10.1 Å². The highest BCUT2D eigenvalue weighted by Gasteiger charge is 2.18. The summed E-state index contributed by atoms with van der Waals surface area (Å²) in [6, 6.07) is 4.29. The molecule has 114 valence electrons. The van der Waals surface area contributed by atoms with Crippen LogP contribution < -0.4 is 0 Å². The molecule has 0 atom stereocenters. The van der Waals surface area contributed by atoms with Crippen molar-refractivity contribution in [3.8, 4) is 0 Å². The molecule has 7 heteroatoms. The Hall–Kier alpha value is -2.31. The quantitative estimate of drug-likeness (QED) is 0.350. The second-order valence-electron chi connectivity index (χ2n) is 4.16. The van der Waals surface area contributed by atoms with Gasteiger partial charge in [-0.3, -0.25) is 10.0 Å². The van der Waals surface area contributed by atoms with E-state index in [0.29, 0.717) is 12.1 Å². The molecule has 0 unspecified atom stereocenters. The summed E-state index contributed by atoms with van der Waals surface area (Å²) in [6.07, 6.45) is -2.89. The van der Waals surface area contributed by atoms with Crippen molar-refractivity contribution >= 4 is 18.4 Å². The molecule has 0 bridgehead atoms. The second kappa shape index (κ2) is 7.47. The molecule has 1 aromatic rings. The number of ether oxygens (including phenoxy) is 1. The summed E-state index contributed by atoms with van der Waals surface area (Å²) in [4.78, 5) is 3.29.